The molecule has 1 aromatic heterocycles. The molecule has 37 heavy (non-hydrogen) atoms. The summed E-state index contributed by atoms with van der Waals surface area (Å²) in [6.45, 7) is 13.2. The number of rotatable bonds is 11. The van der Waals surface area contributed by atoms with Crippen LogP contribution in [0.2, 0.25) is 0 Å². The smallest absolute Gasteiger partial charge is 0.331 e. The van der Waals surface area contributed by atoms with Crippen LogP contribution in [0.25, 0.3) is 10.9 Å². The molecule has 8 nitrogen and oxygen atoms in total. The first-order valence-corrected chi connectivity index (χ1v) is 12.9. The van der Waals surface area contributed by atoms with Gasteiger partial charge in [0.1, 0.15) is 6.04 Å². The molecule has 0 bridgehead atoms. The van der Waals surface area contributed by atoms with E-state index in [0.29, 0.717) is 0 Å². The number of benzene rings is 1. The average molecular weight is 513 g/mol. The van der Waals surface area contributed by atoms with Gasteiger partial charge in [0.05, 0.1) is 12.1 Å². The number of hydrogen-bond acceptors (Lipinski definition) is 4. The van der Waals surface area contributed by atoms with Crippen LogP contribution < -0.4 is 10.6 Å². The molecule has 3 atom stereocenters. The van der Waals surface area contributed by atoms with Crippen molar-refractivity contribution in [2.24, 2.45) is 18.9 Å². The lowest BCUT2D eigenvalue weighted by Gasteiger charge is -2.37. The third-order valence-electron chi connectivity index (χ3n) is 7.33. The highest BCUT2D eigenvalue weighted by atomic mass is 16.4. The van der Waals surface area contributed by atoms with Gasteiger partial charge in [0, 0.05) is 42.2 Å². The summed E-state index contributed by atoms with van der Waals surface area (Å²) in [7, 11) is 5.41. The predicted molar refractivity (Wildman–Crippen MR) is 148 cm³/mol. The number of aryl methyl sites for hydroxylation is 1. The van der Waals surface area contributed by atoms with Crippen molar-refractivity contribution in [1.82, 2.24) is 20.1 Å². The van der Waals surface area contributed by atoms with E-state index in [2.05, 4.69) is 33.5 Å². The van der Waals surface area contributed by atoms with E-state index in [0.717, 1.165) is 16.5 Å². The summed E-state index contributed by atoms with van der Waals surface area (Å²) in [5.41, 5.74) is 1.72. The number of nitrogens with zero attached hydrogens (tertiary/aromatic N) is 2. The molecule has 0 radical (unpaired) electrons. The second-order valence-corrected chi connectivity index (χ2v) is 11.2. The Bertz CT molecular complexity index is 1160. The van der Waals surface area contributed by atoms with E-state index in [1.165, 1.54) is 6.92 Å². The summed E-state index contributed by atoms with van der Waals surface area (Å²) < 4.78 is 2.06. The van der Waals surface area contributed by atoms with Gasteiger partial charge in [-0.3, -0.25) is 9.59 Å². The van der Waals surface area contributed by atoms with Gasteiger partial charge in [0.15, 0.2) is 0 Å². The lowest BCUT2D eigenvalue weighted by molar-refractivity contribution is -0.139. The molecule has 0 aliphatic rings. The minimum Gasteiger partial charge on any atom is -0.478 e. The Morgan fingerprint density at radius 3 is 2.19 bits per heavy atom. The first-order chi connectivity index (χ1) is 17.1. The molecular weight excluding hydrogens is 468 g/mol. The molecule has 0 saturated carbocycles. The largest absolute Gasteiger partial charge is 0.478 e. The van der Waals surface area contributed by atoms with Gasteiger partial charge in [-0.25, -0.2) is 4.79 Å². The monoisotopic (exact) mass is 512 g/mol. The fourth-order valence-electron chi connectivity index (χ4n) is 5.03. The first kappa shape index (κ1) is 30.1. The van der Waals surface area contributed by atoms with Crippen molar-refractivity contribution >= 4 is 28.7 Å². The lowest BCUT2D eigenvalue weighted by atomic mass is 9.77. The van der Waals surface area contributed by atoms with Gasteiger partial charge in [-0.15, -0.1) is 0 Å². The minimum absolute atomic E-state index is 0.0119. The number of fused-ring (bicyclic) bond motifs is 1. The van der Waals surface area contributed by atoms with Gasteiger partial charge in [0.25, 0.3) is 0 Å². The van der Waals surface area contributed by atoms with Crippen molar-refractivity contribution < 1.29 is 19.5 Å². The molecule has 0 aliphatic heterocycles. The first-order valence-electron chi connectivity index (χ1n) is 12.9. The minimum atomic E-state index is -1.02. The highest BCUT2D eigenvalue weighted by Gasteiger charge is 2.40. The van der Waals surface area contributed by atoms with Gasteiger partial charge in [-0.05, 0) is 37.4 Å². The zero-order valence-electron chi connectivity index (χ0n) is 23.9. The highest BCUT2D eigenvalue weighted by Crippen LogP contribution is 2.34. The number of aliphatic carboxylic acids is 1. The molecule has 0 saturated heterocycles. The van der Waals surface area contributed by atoms with Crippen molar-refractivity contribution in [3.8, 4) is 0 Å². The standard InChI is InChI=1S/C29H44N4O4/c1-17(2)23(15-19(5)28(36)37)33(10)27(35)24(18(3)4)31-26(34)25(30-8)29(6,7)21-16-32(9)22-14-12-11-13-20(21)22/h11-18,23-25,30H,1-10H3,(H,31,34)(H,36,37)/b19-15+/t23-,24-,25+/m0/s1. The normalized spacial score (nSPS) is 15.1. The van der Waals surface area contributed by atoms with Crippen LogP contribution in [0.5, 0.6) is 0 Å². The third-order valence-corrected chi connectivity index (χ3v) is 7.33. The fraction of sp³-hybridized carbons (Fsp3) is 0.552. The van der Waals surface area contributed by atoms with Crippen molar-refractivity contribution in [3.63, 3.8) is 0 Å². The SMILES string of the molecule is CN[C@H](C(=O)N[C@H](C(=O)N(C)[C@@H](/C=C(\C)C(=O)O)C(C)C)C(C)C)C(C)(C)c1cn(C)c2ccccc12. The van der Waals surface area contributed by atoms with Crippen LogP contribution in [0.15, 0.2) is 42.1 Å². The molecular formula is C29H44N4O4. The van der Waals surface area contributed by atoms with Crippen LogP contribution in [-0.4, -0.2) is 64.6 Å². The predicted octanol–water partition coefficient (Wildman–Crippen LogP) is 3.70. The Morgan fingerprint density at radius 2 is 1.68 bits per heavy atom. The van der Waals surface area contributed by atoms with Crippen LogP contribution in [0.4, 0.5) is 0 Å². The van der Waals surface area contributed by atoms with Crippen molar-refractivity contribution in [3.05, 3.63) is 47.7 Å². The maximum atomic E-state index is 13.7. The summed E-state index contributed by atoms with van der Waals surface area (Å²) in [4.78, 5) is 40.3. The number of amides is 2. The number of para-hydroxylation sites is 1. The number of aromatic nitrogens is 1. The molecule has 0 unspecified atom stereocenters. The van der Waals surface area contributed by atoms with Crippen LogP contribution in [0, 0.1) is 11.8 Å². The second-order valence-electron chi connectivity index (χ2n) is 11.2. The maximum Gasteiger partial charge on any atom is 0.331 e. The Morgan fingerprint density at radius 1 is 1.08 bits per heavy atom. The quantitative estimate of drug-likeness (QED) is 0.399. The highest BCUT2D eigenvalue weighted by molar-refractivity contribution is 5.93. The number of carbonyl (C=O) groups is 3. The number of likely N-dealkylation sites (N-methyl/N-ethyl adjacent to an activating group) is 2. The van der Waals surface area contributed by atoms with E-state index in [1.54, 1.807) is 25.1 Å². The lowest BCUT2D eigenvalue weighted by Crippen LogP contribution is -2.59. The molecule has 3 N–H and O–H groups in total. The molecule has 204 valence electrons. The molecule has 0 fully saturated rings. The average Bonchev–Trinajstić information content (AvgIpc) is 3.17. The number of carboxylic acid groups (broad SMARTS) is 1. The van der Waals surface area contributed by atoms with E-state index in [9.17, 15) is 19.5 Å². The summed E-state index contributed by atoms with van der Waals surface area (Å²) in [6, 6.07) is 6.31. The Hall–Kier alpha value is -3.13. The number of nitrogens with one attached hydrogen (secondary N) is 2. The van der Waals surface area contributed by atoms with Gasteiger partial charge < -0.3 is 25.2 Å². The van der Waals surface area contributed by atoms with E-state index in [-0.39, 0.29) is 29.2 Å². The van der Waals surface area contributed by atoms with Crippen molar-refractivity contribution in [2.45, 2.75) is 72.0 Å². The molecule has 0 aliphatic carbocycles. The zero-order chi connectivity index (χ0) is 28.2. The molecule has 2 aromatic rings. The van der Waals surface area contributed by atoms with Gasteiger partial charge in [0.2, 0.25) is 11.8 Å². The van der Waals surface area contributed by atoms with Crippen LogP contribution in [0.1, 0.15) is 54.0 Å². The van der Waals surface area contributed by atoms with Gasteiger partial charge >= 0.3 is 5.97 Å². The Kier molecular flexibility index (Phi) is 9.72. The number of hydrogen-bond donors (Lipinski definition) is 3. The van der Waals surface area contributed by atoms with Gasteiger partial charge in [-0.2, -0.15) is 0 Å². The molecule has 0 spiro atoms. The molecule has 1 heterocycles. The van der Waals surface area contributed by atoms with E-state index >= 15 is 0 Å². The van der Waals surface area contributed by atoms with Crippen LogP contribution in [0.3, 0.4) is 0 Å². The number of carboxylic acids is 1. The summed E-state index contributed by atoms with van der Waals surface area (Å²) in [5.74, 6) is -1.72. The molecule has 2 rings (SSSR count). The maximum absolute atomic E-state index is 13.7. The fourth-order valence-corrected chi connectivity index (χ4v) is 5.03. The topological polar surface area (TPSA) is 104 Å². The van der Waals surface area contributed by atoms with E-state index in [4.69, 9.17) is 0 Å². The van der Waals surface area contributed by atoms with Crippen molar-refractivity contribution in [2.75, 3.05) is 14.1 Å². The molecule has 1 aromatic carbocycles. The summed E-state index contributed by atoms with van der Waals surface area (Å²) >= 11 is 0. The number of carbonyl (C=O) groups excluding carboxylic acids is 2. The molecule has 8 heteroatoms. The zero-order valence-corrected chi connectivity index (χ0v) is 23.9. The Balaban J connectivity index is 2.37. The van der Waals surface area contributed by atoms with Crippen molar-refractivity contribution in [1.29, 1.82) is 0 Å². The van der Waals surface area contributed by atoms with Gasteiger partial charge in [-0.1, -0.05) is 65.8 Å². The summed E-state index contributed by atoms with van der Waals surface area (Å²) in [5, 5.41) is 16.6. The Labute approximate surface area is 221 Å². The second kappa shape index (κ2) is 11.9. The summed E-state index contributed by atoms with van der Waals surface area (Å²) in [6.07, 6.45) is 3.66. The van der Waals surface area contributed by atoms with Crippen LogP contribution in [-0.2, 0) is 26.8 Å². The van der Waals surface area contributed by atoms with E-state index < -0.39 is 29.5 Å². The van der Waals surface area contributed by atoms with Crippen LogP contribution >= 0.6 is 0 Å². The molecule has 2 amide bonds. The third kappa shape index (κ3) is 6.42. The van der Waals surface area contributed by atoms with E-state index in [1.807, 2.05) is 60.7 Å².